The van der Waals surface area contributed by atoms with E-state index in [2.05, 4.69) is 40.5 Å². The molecule has 1 aliphatic rings. The van der Waals surface area contributed by atoms with Crippen molar-refractivity contribution in [2.24, 2.45) is 0 Å². The van der Waals surface area contributed by atoms with Gasteiger partial charge in [-0.05, 0) is 107 Å². The Kier molecular flexibility index (Phi) is 4.72. The molecule has 2 nitrogen and oxygen atoms in total. The van der Waals surface area contributed by atoms with Crippen molar-refractivity contribution in [1.29, 1.82) is 0 Å². The molecule has 0 saturated carbocycles. The topological polar surface area (TPSA) is 28.7 Å². The van der Waals surface area contributed by atoms with Gasteiger partial charge in [-0.25, -0.2) is 15.3 Å². The number of thiol groups is 1. The minimum Gasteiger partial charge on any atom is -0.354 e. The van der Waals surface area contributed by atoms with Gasteiger partial charge in [0, 0.05) is 23.7 Å². The lowest BCUT2D eigenvalue weighted by molar-refractivity contribution is 0.628. The Hall–Kier alpha value is -2.85. The number of aryl methyl sites for hydroxylation is 1. The van der Waals surface area contributed by atoms with Crippen molar-refractivity contribution < 1.29 is 4.39 Å². The number of fused-ring (bicyclic) bond motifs is 1. The maximum Gasteiger partial charge on any atom is 0.123 e. The molecule has 5 rings (SSSR count). The van der Waals surface area contributed by atoms with Gasteiger partial charge >= 0.3 is 0 Å². The summed E-state index contributed by atoms with van der Waals surface area (Å²) in [5, 5.41) is 0. The molecule has 0 saturated heterocycles. The minimum atomic E-state index is -0.225. The zero-order valence-electron chi connectivity index (χ0n) is 16.3. The van der Waals surface area contributed by atoms with Crippen LogP contribution < -0.4 is 0 Å². The van der Waals surface area contributed by atoms with Crippen molar-refractivity contribution in [3.8, 4) is 33.6 Å². The normalized spacial score (nSPS) is 17.1. The molecular formula is C25H23FN2S. The molecule has 4 aromatic rings. The summed E-state index contributed by atoms with van der Waals surface area (Å²) in [6.45, 7) is 0. The average molecular weight is 403 g/mol. The number of H-pyrrole nitrogens is 1. The minimum absolute atomic E-state index is 0.0179. The van der Waals surface area contributed by atoms with Crippen LogP contribution in [0.25, 0.3) is 33.6 Å². The molecule has 2 aromatic carbocycles. The van der Waals surface area contributed by atoms with Crippen LogP contribution >= 0.6 is 10.9 Å². The van der Waals surface area contributed by atoms with Gasteiger partial charge in [0.1, 0.15) is 5.82 Å². The van der Waals surface area contributed by atoms with Gasteiger partial charge in [-0.2, -0.15) is 0 Å². The van der Waals surface area contributed by atoms with Crippen LogP contribution in [-0.2, 0) is 6.42 Å². The van der Waals surface area contributed by atoms with E-state index in [1.54, 1.807) is 17.3 Å². The highest BCUT2D eigenvalue weighted by atomic mass is 32.2. The summed E-state index contributed by atoms with van der Waals surface area (Å²) in [5.41, 5.74) is 7.95. The van der Waals surface area contributed by atoms with Gasteiger partial charge in [0.15, 0.2) is 0 Å². The smallest absolute Gasteiger partial charge is 0.123 e. The standard InChI is InChI=1S/C25H23FN2S/c1-29-14-2-3-20-15-19(6-9-24(20)29)23-16-22(17-10-12-27-13-11-17)25(28-23)18-4-7-21(26)8-5-18/h4-13,15-16,28-29H,2-3,14H2,1H3. The van der Waals surface area contributed by atoms with Gasteiger partial charge in [0.05, 0.1) is 5.69 Å². The van der Waals surface area contributed by atoms with E-state index in [4.69, 9.17) is 0 Å². The van der Waals surface area contributed by atoms with Crippen molar-refractivity contribution in [2.45, 2.75) is 17.7 Å². The highest BCUT2D eigenvalue weighted by Gasteiger charge is 2.17. The van der Waals surface area contributed by atoms with Gasteiger partial charge in [-0.15, -0.1) is 0 Å². The summed E-state index contributed by atoms with van der Waals surface area (Å²) in [5.74, 6) is 1.11. The van der Waals surface area contributed by atoms with Crippen molar-refractivity contribution in [3.05, 3.63) is 84.4 Å². The van der Waals surface area contributed by atoms with Crippen LogP contribution in [0.5, 0.6) is 0 Å². The quantitative estimate of drug-likeness (QED) is 0.377. The summed E-state index contributed by atoms with van der Waals surface area (Å²) in [6.07, 6.45) is 8.44. The molecule has 1 N–H and O–H groups in total. The van der Waals surface area contributed by atoms with Crippen LogP contribution in [0.4, 0.5) is 4.39 Å². The van der Waals surface area contributed by atoms with E-state index < -0.39 is 0 Å². The molecule has 0 fully saturated rings. The number of halogens is 1. The Bertz CT molecular complexity index is 1150. The second kappa shape index (κ2) is 7.53. The van der Waals surface area contributed by atoms with Gasteiger partial charge in [-0.1, -0.05) is 6.07 Å². The SMILES string of the molecule is C[SH]1CCCc2cc(-c3cc(-c4ccncc4)c(-c4ccc(F)cc4)[nH]3)ccc21. The summed E-state index contributed by atoms with van der Waals surface area (Å²) in [6, 6.07) is 19.8. The van der Waals surface area contributed by atoms with Crippen molar-refractivity contribution in [1.82, 2.24) is 9.97 Å². The fraction of sp³-hybridized carbons (Fsp3) is 0.160. The third kappa shape index (κ3) is 3.49. The first kappa shape index (κ1) is 18.2. The number of hydrogen-bond acceptors (Lipinski definition) is 1. The second-order valence-electron chi connectivity index (χ2n) is 7.58. The fourth-order valence-electron chi connectivity index (χ4n) is 4.17. The van der Waals surface area contributed by atoms with Crippen LogP contribution in [0.15, 0.2) is 78.0 Å². The molecule has 4 heteroatoms. The molecule has 2 aromatic heterocycles. The molecule has 0 bridgehead atoms. The van der Waals surface area contributed by atoms with Crippen LogP contribution in [0, 0.1) is 5.82 Å². The number of aromatic nitrogens is 2. The average Bonchev–Trinajstić information content (AvgIpc) is 3.20. The van der Waals surface area contributed by atoms with Crippen LogP contribution in [-0.4, -0.2) is 22.0 Å². The number of nitrogens with zero attached hydrogens (tertiary/aromatic N) is 1. The molecule has 1 atom stereocenters. The molecule has 0 radical (unpaired) electrons. The lowest BCUT2D eigenvalue weighted by Crippen LogP contribution is -2.03. The fourth-order valence-corrected chi connectivity index (χ4v) is 6.04. The Morgan fingerprint density at radius 3 is 2.45 bits per heavy atom. The number of nitrogens with one attached hydrogen (secondary N) is 1. The highest BCUT2D eigenvalue weighted by molar-refractivity contribution is 8.16. The molecule has 1 aliphatic heterocycles. The predicted octanol–water partition coefficient (Wildman–Crippen LogP) is 6.49. The monoisotopic (exact) mass is 402 g/mol. The lowest BCUT2D eigenvalue weighted by Gasteiger charge is -2.25. The summed E-state index contributed by atoms with van der Waals surface area (Å²) >= 11 is 0. The lowest BCUT2D eigenvalue weighted by atomic mass is 10.0. The molecular weight excluding hydrogens is 379 g/mol. The first-order valence-electron chi connectivity index (χ1n) is 9.93. The van der Waals surface area contributed by atoms with E-state index in [1.807, 2.05) is 24.3 Å². The number of pyridine rings is 1. The van der Waals surface area contributed by atoms with Crippen LogP contribution in [0.1, 0.15) is 12.0 Å². The van der Waals surface area contributed by atoms with E-state index in [0.717, 1.165) is 28.1 Å². The molecule has 0 spiro atoms. The van der Waals surface area contributed by atoms with Crippen molar-refractivity contribution in [3.63, 3.8) is 0 Å². The second-order valence-corrected chi connectivity index (χ2v) is 9.91. The Morgan fingerprint density at radius 2 is 1.66 bits per heavy atom. The molecule has 146 valence electrons. The molecule has 0 aliphatic carbocycles. The van der Waals surface area contributed by atoms with Gasteiger partial charge < -0.3 is 4.98 Å². The highest BCUT2D eigenvalue weighted by Crippen LogP contribution is 2.43. The molecule has 1 unspecified atom stereocenters. The van der Waals surface area contributed by atoms with E-state index >= 15 is 0 Å². The van der Waals surface area contributed by atoms with Crippen molar-refractivity contribution >= 4 is 10.9 Å². The van der Waals surface area contributed by atoms with Crippen molar-refractivity contribution in [2.75, 3.05) is 12.0 Å². The predicted molar refractivity (Wildman–Crippen MR) is 121 cm³/mol. The van der Waals surface area contributed by atoms with E-state index in [1.165, 1.54) is 41.9 Å². The first-order valence-corrected chi connectivity index (χ1v) is 11.9. The molecule has 29 heavy (non-hydrogen) atoms. The van der Waals surface area contributed by atoms with Gasteiger partial charge in [0.2, 0.25) is 0 Å². The third-order valence-electron chi connectivity index (χ3n) is 5.68. The van der Waals surface area contributed by atoms with E-state index in [0.29, 0.717) is 0 Å². The van der Waals surface area contributed by atoms with Gasteiger partial charge in [-0.3, -0.25) is 4.98 Å². The molecule has 3 heterocycles. The third-order valence-corrected chi connectivity index (χ3v) is 7.93. The number of rotatable bonds is 3. The van der Waals surface area contributed by atoms with Crippen LogP contribution in [0.2, 0.25) is 0 Å². The summed E-state index contributed by atoms with van der Waals surface area (Å²) in [7, 11) is -0.0179. The Labute approximate surface area is 173 Å². The summed E-state index contributed by atoms with van der Waals surface area (Å²) in [4.78, 5) is 9.31. The van der Waals surface area contributed by atoms with E-state index in [-0.39, 0.29) is 16.7 Å². The maximum atomic E-state index is 13.5. The zero-order chi connectivity index (χ0) is 19.8. The summed E-state index contributed by atoms with van der Waals surface area (Å²) < 4.78 is 13.5. The first-order chi connectivity index (χ1) is 14.2. The zero-order valence-corrected chi connectivity index (χ0v) is 17.2. The number of aromatic amines is 1. The molecule has 0 amide bonds. The Morgan fingerprint density at radius 1 is 0.897 bits per heavy atom. The maximum absolute atomic E-state index is 13.5. The largest absolute Gasteiger partial charge is 0.354 e. The number of benzene rings is 2. The van der Waals surface area contributed by atoms with E-state index in [9.17, 15) is 4.39 Å². The Balaban J connectivity index is 1.64. The van der Waals surface area contributed by atoms with Gasteiger partial charge in [0.25, 0.3) is 0 Å². The number of hydrogen-bond donors (Lipinski definition) is 2. The van der Waals surface area contributed by atoms with Crippen LogP contribution in [0.3, 0.4) is 0 Å².